The van der Waals surface area contributed by atoms with E-state index in [2.05, 4.69) is 20.6 Å². The highest BCUT2D eigenvalue weighted by atomic mass is 19.1. The molecule has 26 heavy (non-hydrogen) atoms. The molecule has 0 bridgehead atoms. The van der Waals surface area contributed by atoms with E-state index in [0.717, 1.165) is 23.3 Å². The number of aromatic nitrogens is 2. The minimum absolute atomic E-state index is 0.0717. The molecule has 0 fully saturated rings. The first-order chi connectivity index (χ1) is 12.5. The van der Waals surface area contributed by atoms with Gasteiger partial charge in [0, 0.05) is 12.7 Å². The number of nitrogens with one attached hydrogen (secondary N) is 2. The number of halogens is 2. The van der Waals surface area contributed by atoms with Gasteiger partial charge in [-0.25, -0.2) is 18.7 Å². The number of hydrogen-bond donors (Lipinski definition) is 2. The predicted molar refractivity (Wildman–Crippen MR) is 94.0 cm³/mol. The highest BCUT2D eigenvalue weighted by Gasteiger charge is 2.13. The van der Waals surface area contributed by atoms with Crippen LogP contribution in [0.5, 0.6) is 0 Å². The van der Waals surface area contributed by atoms with Crippen LogP contribution in [-0.4, -0.2) is 15.9 Å². The first-order valence-electron chi connectivity index (χ1n) is 7.91. The molecular weight excluding hydrogens is 338 g/mol. The zero-order valence-electron chi connectivity index (χ0n) is 14.0. The molecule has 2 aromatic carbocycles. The van der Waals surface area contributed by atoms with E-state index in [9.17, 15) is 13.6 Å². The average molecular weight is 354 g/mol. The fourth-order valence-corrected chi connectivity index (χ4v) is 2.35. The van der Waals surface area contributed by atoms with Crippen molar-refractivity contribution < 1.29 is 13.6 Å². The summed E-state index contributed by atoms with van der Waals surface area (Å²) in [6.07, 6.45) is 1.34. The van der Waals surface area contributed by atoms with E-state index in [1.54, 1.807) is 0 Å². The molecule has 0 aliphatic carbocycles. The maximum atomic E-state index is 13.7. The van der Waals surface area contributed by atoms with Gasteiger partial charge in [0.05, 0.1) is 0 Å². The van der Waals surface area contributed by atoms with Gasteiger partial charge in [-0.1, -0.05) is 30.3 Å². The van der Waals surface area contributed by atoms with Crippen molar-refractivity contribution in [3.05, 3.63) is 83.2 Å². The summed E-state index contributed by atoms with van der Waals surface area (Å²) >= 11 is 0. The third-order valence-electron chi connectivity index (χ3n) is 3.79. The van der Waals surface area contributed by atoms with Crippen LogP contribution < -0.4 is 10.6 Å². The maximum absolute atomic E-state index is 13.7. The van der Waals surface area contributed by atoms with Gasteiger partial charge in [-0.3, -0.25) is 4.79 Å². The topological polar surface area (TPSA) is 66.9 Å². The van der Waals surface area contributed by atoms with Crippen LogP contribution in [0.2, 0.25) is 0 Å². The number of aryl methyl sites for hydroxylation is 1. The lowest BCUT2D eigenvalue weighted by molar-refractivity contribution is 0.0946. The SMILES string of the molecule is Cc1ccccc1CNC(=O)c1ccnc(Nc2c(F)cccc2F)n1. The van der Waals surface area contributed by atoms with Crippen molar-refractivity contribution in [1.29, 1.82) is 0 Å². The summed E-state index contributed by atoms with van der Waals surface area (Å²) in [5, 5.41) is 5.23. The summed E-state index contributed by atoms with van der Waals surface area (Å²) < 4.78 is 27.4. The number of anilines is 2. The second kappa shape index (κ2) is 7.69. The molecule has 0 radical (unpaired) electrons. The molecule has 3 rings (SSSR count). The Balaban J connectivity index is 1.72. The van der Waals surface area contributed by atoms with E-state index in [1.165, 1.54) is 18.3 Å². The summed E-state index contributed by atoms with van der Waals surface area (Å²) in [6.45, 7) is 2.30. The first kappa shape index (κ1) is 17.5. The molecule has 5 nitrogen and oxygen atoms in total. The van der Waals surface area contributed by atoms with E-state index in [1.807, 2.05) is 31.2 Å². The van der Waals surface area contributed by atoms with Crippen LogP contribution in [0.3, 0.4) is 0 Å². The van der Waals surface area contributed by atoms with E-state index in [-0.39, 0.29) is 17.3 Å². The normalized spacial score (nSPS) is 10.4. The number of para-hydroxylation sites is 1. The minimum Gasteiger partial charge on any atom is -0.347 e. The molecule has 1 aromatic heterocycles. The molecule has 0 atom stereocenters. The molecule has 0 spiro atoms. The van der Waals surface area contributed by atoms with Crippen LogP contribution in [0.25, 0.3) is 0 Å². The smallest absolute Gasteiger partial charge is 0.270 e. The van der Waals surface area contributed by atoms with Crippen LogP contribution >= 0.6 is 0 Å². The minimum atomic E-state index is -0.775. The molecule has 132 valence electrons. The molecule has 0 saturated heterocycles. The number of amides is 1. The Morgan fingerprint density at radius 2 is 1.77 bits per heavy atom. The maximum Gasteiger partial charge on any atom is 0.270 e. The summed E-state index contributed by atoms with van der Waals surface area (Å²) in [5.74, 6) is -2.03. The van der Waals surface area contributed by atoms with Gasteiger partial charge in [0.2, 0.25) is 5.95 Å². The standard InChI is InChI=1S/C19H16F2N4O/c1-12-5-2-3-6-13(12)11-23-18(26)16-9-10-22-19(24-16)25-17-14(20)7-4-8-15(17)21/h2-10H,11H2,1H3,(H,23,26)(H,22,24,25). The van der Waals surface area contributed by atoms with Crippen molar-refractivity contribution in [2.24, 2.45) is 0 Å². The fraction of sp³-hybridized carbons (Fsp3) is 0.105. The summed E-state index contributed by atoms with van der Waals surface area (Å²) in [7, 11) is 0. The summed E-state index contributed by atoms with van der Waals surface area (Å²) in [6, 6.07) is 12.6. The van der Waals surface area contributed by atoms with Crippen molar-refractivity contribution in [2.45, 2.75) is 13.5 Å². The third-order valence-corrected chi connectivity index (χ3v) is 3.79. The van der Waals surface area contributed by atoms with Crippen LogP contribution in [0.1, 0.15) is 21.6 Å². The van der Waals surface area contributed by atoms with Gasteiger partial charge in [0.15, 0.2) is 0 Å². The Morgan fingerprint density at radius 1 is 1.04 bits per heavy atom. The fourth-order valence-electron chi connectivity index (χ4n) is 2.35. The lowest BCUT2D eigenvalue weighted by Gasteiger charge is -2.09. The number of carbonyl (C=O) groups is 1. The van der Waals surface area contributed by atoms with Gasteiger partial charge < -0.3 is 10.6 Å². The van der Waals surface area contributed by atoms with Crippen LogP contribution in [-0.2, 0) is 6.54 Å². The van der Waals surface area contributed by atoms with Crippen molar-refractivity contribution in [3.8, 4) is 0 Å². The molecule has 0 aliphatic heterocycles. The van der Waals surface area contributed by atoms with Gasteiger partial charge in [-0.15, -0.1) is 0 Å². The molecule has 1 amide bonds. The van der Waals surface area contributed by atoms with Crippen molar-refractivity contribution in [1.82, 2.24) is 15.3 Å². The van der Waals surface area contributed by atoms with Gasteiger partial charge in [0.1, 0.15) is 23.0 Å². The Kier molecular flexibility index (Phi) is 5.17. The van der Waals surface area contributed by atoms with Gasteiger partial charge in [-0.05, 0) is 36.2 Å². The second-order valence-electron chi connectivity index (χ2n) is 5.60. The van der Waals surface area contributed by atoms with Gasteiger partial charge in [-0.2, -0.15) is 0 Å². The molecule has 3 aromatic rings. The molecule has 0 unspecified atom stereocenters. The molecule has 0 saturated carbocycles. The van der Waals surface area contributed by atoms with Crippen LogP contribution in [0.15, 0.2) is 54.7 Å². The third kappa shape index (κ3) is 4.00. The van der Waals surface area contributed by atoms with Crippen molar-refractivity contribution in [2.75, 3.05) is 5.32 Å². The highest BCUT2D eigenvalue weighted by molar-refractivity contribution is 5.92. The molecule has 2 N–H and O–H groups in total. The number of rotatable bonds is 5. The predicted octanol–water partition coefficient (Wildman–Crippen LogP) is 3.74. The van der Waals surface area contributed by atoms with E-state index < -0.39 is 17.5 Å². The number of hydrogen-bond acceptors (Lipinski definition) is 4. The first-order valence-corrected chi connectivity index (χ1v) is 7.91. The largest absolute Gasteiger partial charge is 0.347 e. The van der Waals surface area contributed by atoms with E-state index in [4.69, 9.17) is 0 Å². The lowest BCUT2D eigenvalue weighted by atomic mass is 10.1. The molecule has 0 aliphatic rings. The zero-order chi connectivity index (χ0) is 18.5. The lowest BCUT2D eigenvalue weighted by Crippen LogP contribution is -2.24. The second-order valence-corrected chi connectivity index (χ2v) is 5.60. The van der Waals surface area contributed by atoms with Crippen LogP contribution in [0.4, 0.5) is 20.4 Å². The molecule has 1 heterocycles. The van der Waals surface area contributed by atoms with Gasteiger partial charge >= 0.3 is 0 Å². The Labute approximate surface area is 149 Å². The molecule has 7 heteroatoms. The zero-order valence-corrected chi connectivity index (χ0v) is 14.0. The highest BCUT2D eigenvalue weighted by Crippen LogP contribution is 2.21. The average Bonchev–Trinajstić information content (AvgIpc) is 2.64. The number of nitrogens with zero attached hydrogens (tertiary/aromatic N) is 2. The van der Waals surface area contributed by atoms with Crippen molar-refractivity contribution >= 4 is 17.5 Å². The Morgan fingerprint density at radius 3 is 2.50 bits per heavy atom. The number of carbonyl (C=O) groups excluding carboxylic acids is 1. The summed E-state index contributed by atoms with van der Waals surface area (Å²) in [4.78, 5) is 20.2. The summed E-state index contributed by atoms with van der Waals surface area (Å²) in [5.41, 5.74) is 1.77. The Bertz CT molecular complexity index is 926. The number of benzene rings is 2. The Hall–Kier alpha value is -3.35. The van der Waals surface area contributed by atoms with E-state index >= 15 is 0 Å². The van der Waals surface area contributed by atoms with E-state index in [0.29, 0.717) is 6.54 Å². The monoisotopic (exact) mass is 354 g/mol. The molecular formula is C19H16F2N4O. The van der Waals surface area contributed by atoms with Crippen molar-refractivity contribution in [3.63, 3.8) is 0 Å². The van der Waals surface area contributed by atoms with Crippen LogP contribution in [0, 0.1) is 18.6 Å². The van der Waals surface area contributed by atoms with Gasteiger partial charge in [0.25, 0.3) is 5.91 Å². The quantitative estimate of drug-likeness (QED) is 0.733.